The molecule has 0 amide bonds. The third kappa shape index (κ3) is 6.54. The number of hydrogen-bond donors (Lipinski definition) is 0. The highest BCUT2D eigenvalue weighted by Crippen LogP contribution is 2.60. The molecule has 1 unspecified atom stereocenters. The SMILES string of the molecule is CCCCCCCC/C=C/C1(C[P+](c2ccccc2)(c2ccccc2)c2ccccc2)C=CC=CC1. The van der Waals surface area contributed by atoms with E-state index in [2.05, 4.69) is 134 Å². The maximum Gasteiger partial charge on any atom is 0.113 e. The van der Waals surface area contributed by atoms with Crippen LogP contribution in [0.25, 0.3) is 0 Å². The van der Waals surface area contributed by atoms with E-state index < -0.39 is 7.26 Å². The standard InChI is InChI=1S/C35H42P/c1-2-3-4-5-6-7-8-19-28-35(29-20-12-21-30-35)31-36(32-22-13-9-14-23-32,33-24-15-10-16-25-33)34-26-17-11-18-27-34/h9-29H,2-8,30-31H2,1H3/q+1/b28-19+. The summed E-state index contributed by atoms with van der Waals surface area (Å²) in [6, 6.07) is 33.9. The van der Waals surface area contributed by atoms with Crippen molar-refractivity contribution in [3.8, 4) is 0 Å². The minimum absolute atomic E-state index is 0.0201. The Kier molecular flexibility index (Phi) is 9.94. The zero-order valence-electron chi connectivity index (χ0n) is 21.9. The maximum atomic E-state index is 2.56. The van der Waals surface area contributed by atoms with Crippen LogP contribution in [0.4, 0.5) is 0 Å². The van der Waals surface area contributed by atoms with Gasteiger partial charge in [-0.1, -0.05) is 130 Å². The summed E-state index contributed by atoms with van der Waals surface area (Å²) >= 11 is 0. The van der Waals surface area contributed by atoms with E-state index in [0.717, 1.165) is 12.6 Å². The van der Waals surface area contributed by atoms with Gasteiger partial charge in [0.15, 0.2) is 0 Å². The molecule has 0 aliphatic heterocycles. The van der Waals surface area contributed by atoms with Crippen LogP contribution in [0.3, 0.4) is 0 Å². The summed E-state index contributed by atoms with van der Waals surface area (Å²) in [4.78, 5) is 0. The second-order valence-corrected chi connectivity index (χ2v) is 13.6. The molecule has 1 aliphatic rings. The quantitative estimate of drug-likeness (QED) is 0.127. The minimum Gasteiger partial charge on any atom is -0.0875 e. The fourth-order valence-corrected chi connectivity index (χ4v) is 10.3. The monoisotopic (exact) mass is 493 g/mol. The van der Waals surface area contributed by atoms with Crippen molar-refractivity contribution in [2.75, 3.05) is 6.16 Å². The molecule has 0 saturated carbocycles. The van der Waals surface area contributed by atoms with E-state index in [-0.39, 0.29) is 5.41 Å². The predicted octanol–water partition coefficient (Wildman–Crippen LogP) is 8.79. The van der Waals surface area contributed by atoms with Crippen LogP contribution in [0.15, 0.2) is 127 Å². The summed E-state index contributed by atoms with van der Waals surface area (Å²) in [6.45, 7) is 2.29. The normalized spacial score (nSPS) is 17.6. The fourth-order valence-electron chi connectivity index (χ4n) is 5.55. The lowest BCUT2D eigenvalue weighted by atomic mass is 9.83. The summed E-state index contributed by atoms with van der Waals surface area (Å²) in [5.41, 5.74) is 0.0201. The number of rotatable bonds is 13. The Bertz CT molecular complexity index is 1010. The first-order valence-corrected chi connectivity index (χ1v) is 15.8. The first kappa shape index (κ1) is 26.4. The lowest BCUT2D eigenvalue weighted by Crippen LogP contribution is -2.38. The lowest BCUT2D eigenvalue weighted by molar-refractivity contribution is 0.559. The Morgan fingerprint density at radius 3 is 1.69 bits per heavy atom. The van der Waals surface area contributed by atoms with Crippen molar-refractivity contribution in [2.24, 2.45) is 5.41 Å². The van der Waals surface area contributed by atoms with Crippen molar-refractivity contribution in [3.63, 3.8) is 0 Å². The van der Waals surface area contributed by atoms with Crippen molar-refractivity contribution >= 4 is 23.2 Å². The number of unbranched alkanes of at least 4 members (excludes halogenated alkanes) is 6. The van der Waals surface area contributed by atoms with Crippen molar-refractivity contribution in [1.82, 2.24) is 0 Å². The third-order valence-electron chi connectivity index (χ3n) is 7.47. The Hall–Kier alpha value is -2.69. The van der Waals surface area contributed by atoms with E-state index >= 15 is 0 Å². The van der Waals surface area contributed by atoms with Crippen LogP contribution in [0.5, 0.6) is 0 Å². The van der Waals surface area contributed by atoms with Gasteiger partial charge in [-0.05, 0) is 55.7 Å². The largest absolute Gasteiger partial charge is 0.113 e. The molecule has 1 aliphatic carbocycles. The molecule has 36 heavy (non-hydrogen) atoms. The van der Waals surface area contributed by atoms with Gasteiger partial charge in [-0.2, -0.15) is 0 Å². The van der Waals surface area contributed by atoms with Crippen LogP contribution in [-0.4, -0.2) is 6.16 Å². The van der Waals surface area contributed by atoms with Gasteiger partial charge in [-0.15, -0.1) is 0 Å². The van der Waals surface area contributed by atoms with Gasteiger partial charge in [0.25, 0.3) is 0 Å². The molecular weight excluding hydrogens is 451 g/mol. The van der Waals surface area contributed by atoms with Gasteiger partial charge in [0, 0.05) is 5.41 Å². The highest BCUT2D eigenvalue weighted by atomic mass is 31.2. The molecular formula is C35H42P+. The number of allylic oxidation sites excluding steroid dienone is 6. The first-order chi connectivity index (χ1) is 17.8. The molecule has 186 valence electrons. The van der Waals surface area contributed by atoms with Gasteiger partial charge < -0.3 is 0 Å². The Balaban J connectivity index is 1.71. The van der Waals surface area contributed by atoms with Gasteiger partial charge in [-0.3, -0.25) is 0 Å². The Morgan fingerprint density at radius 2 is 1.19 bits per heavy atom. The molecule has 1 atom stereocenters. The molecule has 0 N–H and O–H groups in total. The molecule has 0 bridgehead atoms. The maximum absolute atomic E-state index is 2.56. The van der Waals surface area contributed by atoms with E-state index in [1.165, 1.54) is 60.9 Å². The molecule has 1 heteroatoms. The molecule has 4 rings (SSSR count). The predicted molar refractivity (Wildman–Crippen MR) is 162 cm³/mol. The molecule has 3 aromatic carbocycles. The highest BCUT2D eigenvalue weighted by molar-refractivity contribution is 7.95. The van der Waals surface area contributed by atoms with Crippen LogP contribution < -0.4 is 15.9 Å². The van der Waals surface area contributed by atoms with Crippen LogP contribution >= 0.6 is 7.26 Å². The summed E-state index contributed by atoms with van der Waals surface area (Å²) in [5.74, 6) is 0. The van der Waals surface area contributed by atoms with Gasteiger partial charge in [0.1, 0.15) is 23.2 Å². The lowest BCUT2D eigenvalue weighted by Gasteiger charge is -2.36. The topological polar surface area (TPSA) is 0 Å². The second kappa shape index (κ2) is 13.6. The van der Waals surface area contributed by atoms with Gasteiger partial charge >= 0.3 is 0 Å². The van der Waals surface area contributed by atoms with Crippen molar-refractivity contribution in [1.29, 1.82) is 0 Å². The van der Waals surface area contributed by atoms with E-state index in [1.54, 1.807) is 0 Å². The first-order valence-electron chi connectivity index (χ1n) is 13.9. The second-order valence-electron chi connectivity index (χ2n) is 10.2. The average molecular weight is 494 g/mol. The molecule has 3 aromatic rings. The molecule has 0 aromatic heterocycles. The van der Waals surface area contributed by atoms with Crippen molar-refractivity contribution in [2.45, 2.75) is 58.3 Å². The van der Waals surface area contributed by atoms with Gasteiger partial charge in [0.2, 0.25) is 0 Å². The smallest absolute Gasteiger partial charge is 0.0875 e. The molecule has 0 fully saturated rings. The van der Waals surface area contributed by atoms with E-state index in [9.17, 15) is 0 Å². The zero-order chi connectivity index (χ0) is 24.9. The van der Waals surface area contributed by atoms with Gasteiger partial charge in [-0.25, -0.2) is 0 Å². The molecule has 0 heterocycles. The minimum atomic E-state index is -1.90. The van der Waals surface area contributed by atoms with Crippen LogP contribution in [0.1, 0.15) is 58.3 Å². The van der Waals surface area contributed by atoms with E-state index in [4.69, 9.17) is 0 Å². The highest BCUT2D eigenvalue weighted by Gasteiger charge is 2.50. The Labute approximate surface area is 220 Å². The third-order valence-corrected chi connectivity index (χ3v) is 12.1. The summed E-state index contributed by atoms with van der Waals surface area (Å²) < 4.78 is 0. The number of benzene rings is 3. The fraction of sp³-hybridized carbons (Fsp3) is 0.314. The summed E-state index contributed by atoms with van der Waals surface area (Å²) in [6.07, 6.45) is 25.8. The molecule has 0 radical (unpaired) electrons. The van der Waals surface area contributed by atoms with Crippen molar-refractivity contribution in [3.05, 3.63) is 127 Å². The average Bonchev–Trinajstić information content (AvgIpc) is 2.95. The zero-order valence-corrected chi connectivity index (χ0v) is 22.8. The molecule has 0 nitrogen and oxygen atoms in total. The Morgan fingerprint density at radius 1 is 0.667 bits per heavy atom. The van der Waals surface area contributed by atoms with Crippen LogP contribution in [0, 0.1) is 5.41 Å². The number of hydrogen-bond acceptors (Lipinski definition) is 0. The van der Waals surface area contributed by atoms with Gasteiger partial charge in [0.05, 0.1) is 6.16 Å². The summed E-state index contributed by atoms with van der Waals surface area (Å²) in [7, 11) is -1.90. The van der Waals surface area contributed by atoms with E-state index in [0.29, 0.717) is 0 Å². The van der Waals surface area contributed by atoms with Crippen molar-refractivity contribution < 1.29 is 0 Å². The van der Waals surface area contributed by atoms with Crippen LogP contribution in [0.2, 0.25) is 0 Å². The molecule has 0 spiro atoms. The molecule has 0 saturated heterocycles. The van der Waals surface area contributed by atoms with Crippen LogP contribution in [-0.2, 0) is 0 Å². The summed E-state index contributed by atoms with van der Waals surface area (Å²) in [5, 5.41) is 4.40. The van der Waals surface area contributed by atoms with E-state index in [1.807, 2.05) is 0 Å².